The molecule has 2 aromatic carbocycles. The van der Waals surface area contributed by atoms with Gasteiger partial charge in [-0.3, -0.25) is 14.2 Å². The number of rotatable bonds is 8. The molecule has 5 rings (SSSR count). The highest BCUT2D eigenvalue weighted by Crippen LogP contribution is 2.49. The van der Waals surface area contributed by atoms with Crippen molar-refractivity contribution >= 4 is 36.5 Å². The summed E-state index contributed by atoms with van der Waals surface area (Å²) in [6.07, 6.45) is 3.83. The summed E-state index contributed by atoms with van der Waals surface area (Å²) < 4.78 is 12.0. The molecule has 0 spiro atoms. The van der Waals surface area contributed by atoms with Gasteiger partial charge in [-0.15, -0.1) is 0 Å². The van der Waals surface area contributed by atoms with E-state index in [4.69, 9.17) is 9.15 Å². The van der Waals surface area contributed by atoms with Gasteiger partial charge in [0, 0.05) is 6.54 Å². The highest BCUT2D eigenvalue weighted by atomic mass is 32.1. The van der Waals surface area contributed by atoms with E-state index in [0.29, 0.717) is 11.1 Å². The van der Waals surface area contributed by atoms with Crippen LogP contribution in [0.25, 0.3) is 11.1 Å². The van der Waals surface area contributed by atoms with E-state index in [2.05, 4.69) is 22.3 Å². The van der Waals surface area contributed by atoms with Crippen molar-refractivity contribution in [1.82, 2.24) is 14.8 Å². The molecule has 204 valence electrons. The highest BCUT2D eigenvalue weighted by molar-refractivity contribution is 7.59. The molecule has 1 amide bonds. The van der Waals surface area contributed by atoms with Crippen LogP contribution in [-0.2, 0) is 26.3 Å². The molecule has 8 nitrogen and oxygen atoms in total. The molecule has 1 aliphatic carbocycles. The number of carbonyl (C=O) groups excluding carboxylic acids is 2. The van der Waals surface area contributed by atoms with Crippen molar-refractivity contribution in [2.24, 2.45) is 0 Å². The first-order valence-electron chi connectivity index (χ1n) is 13.1. The zero-order valence-corrected chi connectivity index (χ0v) is 23.3. The van der Waals surface area contributed by atoms with Gasteiger partial charge in [-0.2, -0.15) is 13.5 Å². The molecule has 38 heavy (non-hydrogen) atoms. The lowest BCUT2D eigenvalue weighted by Crippen LogP contribution is -2.41. The lowest BCUT2D eigenvalue weighted by molar-refractivity contribution is -0.155. The number of nitrogens with zero attached hydrogens (tertiary/aromatic N) is 2. The number of ether oxygens (including phenoxy) is 1. The van der Waals surface area contributed by atoms with E-state index in [-0.39, 0.29) is 32.0 Å². The average Bonchev–Trinajstić information content (AvgIpc) is 3.40. The minimum Gasteiger partial charge on any atom is -0.459 e. The predicted molar refractivity (Wildman–Crippen MR) is 151 cm³/mol. The number of oxazole rings is 1. The lowest BCUT2D eigenvalue weighted by atomic mass is 9.93. The second kappa shape index (κ2) is 11.0. The Morgan fingerprint density at radius 2 is 1.76 bits per heavy atom. The molecule has 1 aromatic heterocycles. The summed E-state index contributed by atoms with van der Waals surface area (Å²) in [7, 11) is 0. The van der Waals surface area contributed by atoms with Crippen LogP contribution in [0, 0.1) is 0 Å². The number of likely N-dealkylation sites (tertiary alicyclic amines) is 1. The minimum atomic E-state index is -0.661. The van der Waals surface area contributed by atoms with Crippen LogP contribution >= 0.6 is 13.5 Å². The monoisotopic (exact) mass is 539 g/mol. The first kappa shape index (κ1) is 28.0. The normalized spacial score (nSPS) is 17.6. The van der Waals surface area contributed by atoms with Crippen molar-refractivity contribution in [3.05, 3.63) is 70.2 Å². The molecule has 1 atom stereocenters. The average molecular weight is 540 g/mol. The zero-order valence-electron chi connectivity index (χ0n) is 22.3. The summed E-state index contributed by atoms with van der Waals surface area (Å²) >= 11 is 0. The van der Waals surface area contributed by atoms with E-state index >= 15 is 0 Å². The van der Waals surface area contributed by atoms with Crippen molar-refractivity contribution in [2.75, 3.05) is 19.6 Å². The van der Waals surface area contributed by atoms with Crippen molar-refractivity contribution in [2.45, 2.75) is 70.1 Å². The molecular weight excluding hydrogens is 502 g/mol. The molecule has 3 aromatic rings. The first-order valence-corrected chi connectivity index (χ1v) is 13.1. The third-order valence-electron chi connectivity index (χ3n) is 7.26. The second-order valence-electron chi connectivity index (χ2n) is 11.2. The van der Waals surface area contributed by atoms with Gasteiger partial charge in [-0.1, -0.05) is 36.4 Å². The summed E-state index contributed by atoms with van der Waals surface area (Å²) in [5, 5.41) is 3.34. The number of hydrogen-bond donors (Lipinski definition) is 1. The van der Waals surface area contributed by atoms with Crippen molar-refractivity contribution in [1.29, 1.82) is 0 Å². The smallest absolute Gasteiger partial charge is 0.420 e. The molecule has 0 unspecified atom stereocenters. The van der Waals surface area contributed by atoms with Gasteiger partial charge in [-0.05, 0) is 82.8 Å². The van der Waals surface area contributed by atoms with E-state index in [1.807, 2.05) is 30.3 Å². The Labute approximate surface area is 229 Å². The Bertz CT molecular complexity index is 1350. The van der Waals surface area contributed by atoms with Gasteiger partial charge in [0.1, 0.15) is 12.1 Å². The van der Waals surface area contributed by atoms with E-state index in [1.165, 1.54) is 17.4 Å². The summed E-state index contributed by atoms with van der Waals surface area (Å²) in [5.41, 5.74) is 1.47. The van der Waals surface area contributed by atoms with Crippen LogP contribution in [0.15, 0.2) is 57.7 Å². The lowest BCUT2D eigenvalue weighted by Gasteiger charge is -2.27. The maximum atomic E-state index is 13.8. The molecule has 1 N–H and O–H groups in total. The van der Waals surface area contributed by atoms with Crippen LogP contribution in [0.3, 0.4) is 0 Å². The Morgan fingerprint density at radius 1 is 1.08 bits per heavy atom. The molecule has 0 radical (unpaired) electrons. The van der Waals surface area contributed by atoms with Crippen molar-refractivity contribution in [3.8, 4) is 0 Å². The van der Waals surface area contributed by atoms with Gasteiger partial charge in [-0.25, -0.2) is 4.79 Å². The predicted octanol–water partition coefficient (Wildman–Crippen LogP) is 4.03. The summed E-state index contributed by atoms with van der Waals surface area (Å²) in [6.45, 7) is 7.97. The maximum absolute atomic E-state index is 13.8. The molecule has 1 saturated heterocycles. The Morgan fingerprint density at radius 3 is 2.39 bits per heavy atom. The number of esters is 1. The number of aromatic nitrogens is 1. The largest absolute Gasteiger partial charge is 0.459 e. The van der Waals surface area contributed by atoms with Crippen LogP contribution in [0.4, 0.5) is 0 Å². The number of carbonyl (C=O) groups is 2. The number of hydrogen-bond acceptors (Lipinski definition) is 6. The molecular formula is C29H37N3O5S. The molecule has 2 fully saturated rings. The van der Waals surface area contributed by atoms with Crippen molar-refractivity contribution < 1.29 is 18.7 Å². The fraction of sp³-hybridized carbons (Fsp3) is 0.483. The Kier molecular flexibility index (Phi) is 8.09. The molecule has 1 saturated carbocycles. The quantitative estimate of drug-likeness (QED) is 0.435. The van der Waals surface area contributed by atoms with Crippen LogP contribution in [0.1, 0.15) is 63.6 Å². The fourth-order valence-corrected chi connectivity index (χ4v) is 5.22. The number of fused-ring (bicyclic) bond motifs is 1. The van der Waals surface area contributed by atoms with Gasteiger partial charge in [0.15, 0.2) is 5.58 Å². The van der Waals surface area contributed by atoms with E-state index in [1.54, 1.807) is 26.8 Å². The molecule has 0 bridgehead atoms. The van der Waals surface area contributed by atoms with Gasteiger partial charge in [0.25, 0.3) is 0 Å². The molecule has 1 aliphatic heterocycles. The van der Waals surface area contributed by atoms with Crippen molar-refractivity contribution in [3.63, 3.8) is 0 Å². The van der Waals surface area contributed by atoms with Gasteiger partial charge < -0.3 is 19.4 Å². The van der Waals surface area contributed by atoms with Gasteiger partial charge in [0.2, 0.25) is 5.91 Å². The first-order chi connectivity index (χ1) is 17.6. The zero-order chi connectivity index (χ0) is 26.2. The summed E-state index contributed by atoms with van der Waals surface area (Å²) in [6, 6.07) is 15.4. The third-order valence-corrected chi connectivity index (χ3v) is 7.26. The summed E-state index contributed by atoms with van der Waals surface area (Å²) in [5.74, 6) is -1.15. The number of amides is 1. The topological polar surface area (TPSA) is 93.8 Å². The van der Waals surface area contributed by atoms with Crippen LogP contribution in [-0.4, -0.2) is 46.6 Å². The van der Waals surface area contributed by atoms with Gasteiger partial charge in [0.05, 0.1) is 17.0 Å². The van der Waals surface area contributed by atoms with Crippen LogP contribution in [0.5, 0.6) is 0 Å². The second-order valence-corrected chi connectivity index (χ2v) is 11.2. The fourth-order valence-electron chi connectivity index (χ4n) is 5.22. The van der Waals surface area contributed by atoms with Gasteiger partial charge >= 0.3 is 11.7 Å². The Hall–Kier alpha value is -3.04. The third kappa shape index (κ3) is 5.99. The SMILES string of the molecule is CC(C)(C)OC(=O)Cn1c(=O)oc2ccc(C3(C(=O)N[C@H](CN4CCCC4)c4ccccc4)CC3)cc21.S. The maximum Gasteiger partial charge on any atom is 0.420 e. The highest BCUT2D eigenvalue weighted by Gasteiger charge is 2.52. The standard InChI is InChI=1S/C29H35N3O5.H2S/c1-28(2,3)37-25(33)19-32-23-17-21(11-12-24(23)36-27(32)35)29(13-14-29)26(34)30-22(18-31-15-7-8-16-31)20-9-5-4-6-10-20;/h4-6,9-12,17,22H,7-8,13-16,18-19H2,1-3H3,(H,30,34);1H2/t22-;/m1./s1. The van der Waals surface area contributed by atoms with E-state index < -0.39 is 22.7 Å². The Balaban J connectivity index is 0.00000336. The van der Waals surface area contributed by atoms with E-state index in [0.717, 1.165) is 43.6 Å². The summed E-state index contributed by atoms with van der Waals surface area (Å²) in [4.78, 5) is 41.1. The number of benzene rings is 2. The molecule has 2 heterocycles. The van der Waals surface area contributed by atoms with Crippen LogP contribution < -0.4 is 11.1 Å². The molecule has 9 heteroatoms. The molecule has 2 aliphatic rings. The number of nitrogens with one attached hydrogen (secondary N) is 1. The van der Waals surface area contributed by atoms with E-state index in [9.17, 15) is 14.4 Å². The van der Waals surface area contributed by atoms with Crippen LogP contribution in [0.2, 0.25) is 0 Å². The minimum absolute atomic E-state index is 0.